The molecule has 1 aromatic carbocycles. The molecule has 1 fully saturated rings. The Kier molecular flexibility index (Phi) is 4.39. The highest BCUT2D eigenvalue weighted by molar-refractivity contribution is 14.1. The van der Waals surface area contributed by atoms with Crippen molar-refractivity contribution in [2.75, 3.05) is 20.1 Å². The molecule has 4 heteroatoms. The number of halogens is 1. The standard InChI is InChI=1S/C13H17IN2O/c1-15-9-13(17)16-8-2-3-12(16)10-4-6-11(14)7-5-10/h4-7,12,15H,2-3,8-9H2,1H3. The summed E-state index contributed by atoms with van der Waals surface area (Å²) in [4.78, 5) is 14.0. The number of rotatable bonds is 3. The fourth-order valence-electron chi connectivity index (χ4n) is 2.35. The lowest BCUT2D eigenvalue weighted by Crippen LogP contribution is -2.36. The van der Waals surface area contributed by atoms with Gasteiger partial charge < -0.3 is 10.2 Å². The van der Waals surface area contributed by atoms with Gasteiger partial charge in [-0.05, 0) is 60.2 Å². The van der Waals surface area contributed by atoms with Crippen LogP contribution in [0.25, 0.3) is 0 Å². The van der Waals surface area contributed by atoms with Gasteiger partial charge in [-0.3, -0.25) is 4.79 Å². The van der Waals surface area contributed by atoms with E-state index >= 15 is 0 Å². The maximum absolute atomic E-state index is 12.0. The molecule has 3 nitrogen and oxygen atoms in total. The summed E-state index contributed by atoms with van der Waals surface area (Å²) < 4.78 is 1.23. The Hall–Kier alpha value is -0.620. The monoisotopic (exact) mass is 344 g/mol. The second kappa shape index (κ2) is 5.82. The van der Waals surface area contributed by atoms with E-state index in [1.54, 1.807) is 0 Å². The smallest absolute Gasteiger partial charge is 0.237 e. The Labute approximate surface area is 116 Å². The molecule has 1 amide bonds. The second-order valence-corrected chi connectivity index (χ2v) is 5.57. The summed E-state index contributed by atoms with van der Waals surface area (Å²) in [5, 5.41) is 2.93. The Bertz CT molecular complexity index is 391. The average Bonchev–Trinajstić information content (AvgIpc) is 2.79. The Balaban J connectivity index is 2.14. The molecule has 1 aromatic rings. The fourth-order valence-corrected chi connectivity index (χ4v) is 2.71. The number of carbonyl (C=O) groups is 1. The third kappa shape index (κ3) is 2.98. The first kappa shape index (κ1) is 12.8. The molecule has 1 heterocycles. The van der Waals surface area contributed by atoms with Crippen molar-refractivity contribution >= 4 is 28.5 Å². The minimum atomic E-state index is 0.202. The molecule has 0 aromatic heterocycles. The SMILES string of the molecule is CNCC(=O)N1CCCC1c1ccc(I)cc1. The van der Waals surface area contributed by atoms with Gasteiger partial charge >= 0.3 is 0 Å². The number of nitrogens with one attached hydrogen (secondary N) is 1. The topological polar surface area (TPSA) is 32.3 Å². The molecule has 0 aliphatic carbocycles. The van der Waals surface area contributed by atoms with Gasteiger partial charge in [0.05, 0.1) is 12.6 Å². The van der Waals surface area contributed by atoms with E-state index in [1.165, 1.54) is 9.13 Å². The number of benzene rings is 1. The van der Waals surface area contributed by atoms with E-state index < -0.39 is 0 Å². The van der Waals surface area contributed by atoms with Crippen LogP contribution in [0.4, 0.5) is 0 Å². The van der Waals surface area contributed by atoms with Crippen molar-refractivity contribution in [2.24, 2.45) is 0 Å². The van der Waals surface area contributed by atoms with E-state index in [0.29, 0.717) is 6.54 Å². The second-order valence-electron chi connectivity index (χ2n) is 4.33. The van der Waals surface area contributed by atoms with Crippen molar-refractivity contribution in [3.8, 4) is 0 Å². The van der Waals surface area contributed by atoms with E-state index in [9.17, 15) is 4.79 Å². The van der Waals surface area contributed by atoms with Gasteiger partial charge in [0.1, 0.15) is 0 Å². The molecule has 1 aliphatic heterocycles. The van der Waals surface area contributed by atoms with Crippen LogP contribution in [-0.4, -0.2) is 30.9 Å². The minimum Gasteiger partial charge on any atom is -0.335 e. The Morgan fingerprint density at radius 1 is 1.47 bits per heavy atom. The number of hydrogen-bond acceptors (Lipinski definition) is 2. The zero-order chi connectivity index (χ0) is 12.3. The summed E-state index contributed by atoms with van der Waals surface area (Å²) in [7, 11) is 1.81. The van der Waals surface area contributed by atoms with E-state index in [-0.39, 0.29) is 11.9 Å². The number of amides is 1. The van der Waals surface area contributed by atoms with Crippen LogP contribution < -0.4 is 5.32 Å². The van der Waals surface area contributed by atoms with Gasteiger partial charge in [-0.15, -0.1) is 0 Å². The highest BCUT2D eigenvalue weighted by Crippen LogP contribution is 2.31. The number of hydrogen-bond donors (Lipinski definition) is 1. The number of nitrogens with zero attached hydrogens (tertiary/aromatic N) is 1. The predicted octanol–water partition coefficient (Wildman–Crippen LogP) is 2.17. The lowest BCUT2D eigenvalue weighted by molar-refractivity contribution is -0.131. The Morgan fingerprint density at radius 3 is 2.82 bits per heavy atom. The van der Waals surface area contributed by atoms with E-state index in [4.69, 9.17) is 0 Å². The maximum atomic E-state index is 12.0. The van der Waals surface area contributed by atoms with Gasteiger partial charge in [-0.25, -0.2) is 0 Å². The lowest BCUT2D eigenvalue weighted by Gasteiger charge is -2.25. The molecule has 1 aliphatic rings. The van der Waals surface area contributed by atoms with Crippen LogP contribution in [0, 0.1) is 3.57 Å². The molecule has 17 heavy (non-hydrogen) atoms. The molecule has 0 bridgehead atoms. The van der Waals surface area contributed by atoms with Gasteiger partial charge in [0, 0.05) is 10.1 Å². The zero-order valence-corrected chi connectivity index (χ0v) is 12.1. The van der Waals surface area contributed by atoms with Gasteiger partial charge in [0.15, 0.2) is 0 Å². The summed E-state index contributed by atoms with van der Waals surface area (Å²) in [5.74, 6) is 0.202. The molecule has 1 saturated heterocycles. The molecular formula is C13H17IN2O. The van der Waals surface area contributed by atoms with E-state index in [2.05, 4.69) is 52.2 Å². The molecular weight excluding hydrogens is 327 g/mol. The minimum absolute atomic E-state index is 0.202. The first-order valence-electron chi connectivity index (χ1n) is 5.92. The zero-order valence-electron chi connectivity index (χ0n) is 9.95. The molecule has 1 unspecified atom stereocenters. The van der Waals surface area contributed by atoms with Crippen molar-refractivity contribution in [1.29, 1.82) is 0 Å². The normalized spacial score (nSPS) is 19.6. The Morgan fingerprint density at radius 2 is 2.18 bits per heavy atom. The van der Waals surface area contributed by atoms with Gasteiger partial charge in [-0.1, -0.05) is 12.1 Å². The number of likely N-dealkylation sites (N-methyl/N-ethyl adjacent to an activating group) is 1. The molecule has 0 radical (unpaired) electrons. The van der Waals surface area contributed by atoms with Gasteiger partial charge in [-0.2, -0.15) is 0 Å². The summed E-state index contributed by atoms with van der Waals surface area (Å²) in [5.41, 5.74) is 1.26. The van der Waals surface area contributed by atoms with Crippen molar-refractivity contribution in [2.45, 2.75) is 18.9 Å². The summed E-state index contributed by atoms with van der Waals surface area (Å²) in [6.07, 6.45) is 2.18. The molecule has 2 rings (SSSR count). The van der Waals surface area contributed by atoms with Crippen LogP contribution in [0.1, 0.15) is 24.4 Å². The molecule has 92 valence electrons. The largest absolute Gasteiger partial charge is 0.335 e. The van der Waals surface area contributed by atoms with Crippen molar-refractivity contribution in [1.82, 2.24) is 10.2 Å². The molecule has 1 atom stereocenters. The fraction of sp³-hybridized carbons (Fsp3) is 0.462. The highest BCUT2D eigenvalue weighted by Gasteiger charge is 2.29. The van der Waals surface area contributed by atoms with Crippen LogP contribution in [-0.2, 0) is 4.79 Å². The van der Waals surface area contributed by atoms with Crippen LogP contribution >= 0.6 is 22.6 Å². The lowest BCUT2D eigenvalue weighted by atomic mass is 10.0. The van der Waals surface area contributed by atoms with Crippen molar-refractivity contribution in [3.05, 3.63) is 33.4 Å². The maximum Gasteiger partial charge on any atom is 0.237 e. The predicted molar refractivity (Wildman–Crippen MR) is 76.8 cm³/mol. The molecule has 0 spiro atoms. The van der Waals surface area contributed by atoms with Crippen molar-refractivity contribution in [3.63, 3.8) is 0 Å². The number of likely N-dealkylation sites (tertiary alicyclic amines) is 1. The summed E-state index contributed by atoms with van der Waals surface area (Å²) >= 11 is 2.30. The summed E-state index contributed by atoms with van der Waals surface area (Å²) in [6, 6.07) is 8.76. The summed E-state index contributed by atoms with van der Waals surface area (Å²) in [6.45, 7) is 1.32. The van der Waals surface area contributed by atoms with Crippen LogP contribution in [0.3, 0.4) is 0 Å². The van der Waals surface area contributed by atoms with Crippen LogP contribution in [0.5, 0.6) is 0 Å². The van der Waals surface area contributed by atoms with Crippen LogP contribution in [0.2, 0.25) is 0 Å². The van der Waals surface area contributed by atoms with E-state index in [1.807, 2.05) is 11.9 Å². The van der Waals surface area contributed by atoms with Crippen molar-refractivity contribution < 1.29 is 4.79 Å². The molecule has 0 saturated carbocycles. The highest BCUT2D eigenvalue weighted by atomic mass is 127. The van der Waals surface area contributed by atoms with Gasteiger partial charge in [0.2, 0.25) is 5.91 Å². The number of carbonyl (C=O) groups excluding carboxylic acids is 1. The first-order valence-corrected chi connectivity index (χ1v) is 7.00. The quantitative estimate of drug-likeness (QED) is 0.853. The van der Waals surface area contributed by atoms with E-state index in [0.717, 1.165) is 19.4 Å². The van der Waals surface area contributed by atoms with Crippen LogP contribution in [0.15, 0.2) is 24.3 Å². The van der Waals surface area contributed by atoms with Gasteiger partial charge in [0.25, 0.3) is 0 Å². The first-order chi connectivity index (χ1) is 8.22. The molecule has 1 N–H and O–H groups in total. The third-order valence-electron chi connectivity index (χ3n) is 3.16. The average molecular weight is 344 g/mol. The third-order valence-corrected chi connectivity index (χ3v) is 3.88.